The number of nitrogens with one attached hydrogen (secondary N) is 1. The minimum atomic E-state index is -4.54. The number of carbonyl (C=O) groups excluding carboxylic acids is 1. The second-order valence-corrected chi connectivity index (χ2v) is 8.59. The highest BCUT2D eigenvalue weighted by Gasteiger charge is 2.39. The van der Waals surface area contributed by atoms with Gasteiger partial charge in [0.15, 0.2) is 0 Å². The van der Waals surface area contributed by atoms with E-state index in [2.05, 4.69) is 20.2 Å². The first-order chi connectivity index (χ1) is 17.3. The Labute approximate surface area is 202 Å². The van der Waals surface area contributed by atoms with Gasteiger partial charge in [-0.05, 0) is 29.8 Å². The van der Waals surface area contributed by atoms with E-state index in [1.165, 1.54) is 35.4 Å². The largest absolute Gasteiger partial charge is 0.418 e. The fourth-order valence-electron chi connectivity index (χ4n) is 4.80. The monoisotopic (exact) mass is 495 g/mol. The Bertz CT molecular complexity index is 1600. The number of rotatable bonds is 4. The highest BCUT2D eigenvalue weighted by atomic mass is 19.4. The molecule has 1 amide bonds. The number of hydrogen-bond donors (Lipinski definition) is 1. The lowest BCUT2D eigenvalue weighted by Crippen LogP contribution is -2.41. The van der Waals surface area contributed by atoms with E-state index >= 15 is 0 Å². The first-order valence-corrected chi connectivity index (χ1v) is 11.2. The van der Waals surface area contributed by atoms with Gasteiger partial charge < -0.3 is 14.6 Å². The summed E-state index contributed by atoms with van der Waals surface area (Å²) in [6.45, 7) is 0.737. The summed E-state index contributed by atoms with van der Waals surface area (Å²) in [5.74, 6) is -0.309. The number of halogens is 3. The van der Waals surface area contributed by atoms with Gasteiger partial charge in [-0.2, -0.15) is 23.4 Å². The van der Waals surface area contributed by atoms with Crippen molar-refractivity contribution in [3.05, 3.63) is 89.0 Å². The molecule has 6 rings (SSSR count). The second-order valence-electron chi connectivity index (χ2n) is 8.59. The van der Waals surface area contributed by atoms with Crippen molar-refractivity contribution in [1.29, 1.82) is 0 Å². The second kappa shape index (κ2) is 8.19. The van der Waals surface area contributed by atoms with E-state index in [1.807, 2.05) is 6.07 Å². The first-order valence-electron chi connectivity index (χ1n) is 11.2. The fourth-order valence-corrected chi connectivity index (χ4v) is 4.80. The lowest BCUT2D eigenvalue weighted by atomic mass is 9.98. The van der Waals surface area contributed by atoms with Crippen molar-refractivity contribution in [2.45, 2.75) is 25.2 Å². The Morgan fingerprint density at radius 3 is 2.89 bits per heavy atom. The normalized spacial score (nSPS) is 16.1. The van der Waals surface area contributed by atoms with Crippen molar-refractivity contribution in [2.24, 2.45) is 0 Å². The molecule has 36 heavy (non-hydrogen) atoms. The number of pyridine rings is 2. The maximum Gasteiger partial charge on any atom is 0.418 e. The number of amides is 1. The zero-order chi connectivity index (χ0) is 25.0. The number of nitrogens with zero attached hydrogens (tertiary/aromatic N) is 6. The quantitative estimate of drug-likeness (QED) is 0.411. The van der Waals surface area contributed by atoms with Crippen molar-refractivity contribution in [1.82, 2.24) is 34.1 Å². The van der Waals surface area contributed by atoms with E-state index in [9.17, 15) is 18.0 Å². The predicted molar refractivity (Wildman–Crippen MR) is 121 cm³/mol. The average molecular weight is 495 g/mol. The van der Waals surface area contributed by atoms with Crippen molar-refractivity contribution in [3.63, 3.8) is 0 Å². The zero-order valence-corrected chi connectivity index (χ0v) is 19.0. The minimum absolute atomic E-state index is 0.0864. The van der Waals surface area contributed by atoms with Crippen LogP contribution < -0.4 is 0 Å². The summed E-state index contributed by atoms with van der Waals surface area (Å²) in [4.78, 5) is 22.9. The SMILES string of the molecule is COCc1ccc2c(C(=O)N3CCc4[nH]cnc4[C@H]3c3cc4c(C(F)(F)F)cccn4n3)cnn2c1. The molecule has 1 aliphatic heterocycles. The molecule has 0 radical (unpaired) electrons. The molecule has 1 atom stereocenters. The van der Waals surface area contributed by atoms with Crippen LogP contribution in [0.3, 0.4) is 0 Å². The van der Waals surface area contributed by atoms with Crippen LogP contribution in [-0.2, 0) is 23.9 Å². The van der Waals surface area contributed by atoms with Gasteiger partial charge in [0.1, 0.15) is 6.04 Å². The highest BCUT2D eigenvalue weighted by molar-refractivity contribution is 6.01. The molecule has 9 nitrogen and oxygen atoms in total. The number of H-pyrrole nitrogens is 1. The van der Waals surface area contributed by atoms with E-state index in [4.69, 9.17) is 4.74 Å². The van der Waals surface area contributed by atoms with Crippen LogP contribution >= 0.6 is 0 Å². The van der Waals surface area contributed by atoms with Gasteiger partial charge in [0, 0.05) is 38.2 Å². The summed E-state index contributed by atoms with van der Waals surface area (Å²) in [5, 5.41) is 8.76. The third kappa shape index (κ3) is 3.52. The Kier molecular flexibility index (Phi) is 5.07. The number of hydrogen-bond acceptors (Lipinski definition) is 5. The average Bonchev–Trinajstić information content (AvgIpc) is 3.59. The molecule has 0 unspecified atom stereocenters. The summed E-state index contributed by atoms with van der Waals surface area (Å²) in [6.07, 6.45) is 2.24. The van der Waals surface area contributed by atoms with Crippen molar-refractivity contribution < 1.29 is 22.7 Å². The maximum atomic E-state index is 13.8. The molecular weight excluding hydrogens is 475 g/mol. The van der Waals surface area contributed by atoms with Crippen LogP contribution in [0.5, 0.6) is 0 Å². The Morgan fingerprint density at radius 2 is 2.08 bits per heavy atom. The van der Waals surface area contributed by atoms with Crippen LogP contribution in [0.15, 0.2) is 55.2 Å². The maximum absolute atomic E-state index is 13.8. The number of ether oxygens (including phenoxy) is 1. The molecule has 0 fully saturated rings. The molecule has 0 saturated heterocycles. The minimum Gasteiger partial charge on any atom is -0.380 e. The Morgan fingerprint density at radius 1 is 1.22 bits per heavy atom. The Hall–Kier alpha value is -4.19. The summed E-state index contributed by atoms with van der Waals surface area (Å²) in [5.41, 5.74) is 2.68. The molecular formula is C24H20F3N7O2. The van der Waals surface area contributed by atoms with Gasteiger partial charge in [0.05, 0.1) is 52.7 Å². The van der Waals surface area contributed by atoms with Gasteiger partial charge in [-0.25, -0.2) is 14.0 Å². The van der Waals surface area contributed by atoms with Crippen LogP contribution in [-0.4, -0.2) is 53.7 Å². The third-order valence-corrected chi connectivity index (χ3v) is 6.41. The molecule has 1 N–H and O–H groups in total. The highest BCUT2D eigenvalue weighted by Crippen LogP contribution is 2.37. The first kappa shape index (κ1) is 22.3. The fraction of sp³-hybridized carbons (Fsp3) is 0.250. The van der Waals surface area contributed by atoms with Gasteiger partial charge in [-0.3, -0.25) is 4.79 Å². The molecule has 5 aromatic heterocycles. The molecule has 0 bridgehead atoms. The number of imidazole rings is 1. The summed E-state index contributed by atoms with van der Waals surface area (Å²) in [7, 11) is 1.60. The molecule has 6 heterocycles. The van der Waals surface area contributed by atoms with Crippen molar-refractivity contribution in [3.8, 4) is 0 Å². The number of carbonyl (C=O) groups is 1. The van der Waals surface area contributed by atoms with Gasteiger partial charge in [0.2, 0.25) is 0 Å². The van der Waals surface area contributed by atoms with Gasteiger partial charge in [-0.15, -0.1) is 0 Å². The van der Waals surface area contributed by atoms with Crippen LogP contribution in [0.4, 0.5) is 13.2 Å². The smallest absolute Gasteiger partial charge is 0.380 e. The van der Waals surface area contributed by atoms with E-state index < -0.39 is 17.8 Å². The Balaban J connectivity index is 1.45. The summed E-state index contributed by atoms with van der Waals surface area (Å²) >= 11 is 0. The number of alkyl halides is 3. The van der Waals surface area contributed by atoms with Crippen LogP contribution in [0, 0.1) is 0 Å². The number of fused-ring (bicyclic) bond motifs is 3. The van der Waals surface area contributed by atoms with Crippen LogP contribution in [0.2, 0.25) is 0 Å². The molecule has 0 saturated carbocycles. The molecule has 0 aromatic carbocycles. The molecule has 184 valence electrons. The standard InChI is InChI=1S/C24H20F3N7O2/c1-36-12-14-4-5-19-15(10-30-34(19)11-14)23(35)32-8-6-17-21(29-13-28-17)22(32)18-9-20-16(24(25,26)27)3-2-7-33(20)31-18/h2-5,7,9-11,13,22H,6,8,12H2,1H3,(H,28,29)/t22-/m1/s1. The van der Waals surface area contributed by atoms with E-state index in [0.717, 1.165) is 17.3 Å². The molecule has 0 aliphatic carbocycles. The molecule has 1 aliphatic rings. The van der Waals surface area contributed by atoms with Gasteiger partial charge in [-0.1, -0.05) is 6.07 Å². The summed E-state index contributed by atoms with van der Waals surface area (Å²) in [6, 6.07) is 6.58. The van der Waals surface area contributed by atoms with Crippen molar-refractivity contribution >= 4 is 16.9 Å². The topological polar surface area (TPSA) is 92.8 Å². The van der Waals surface area contributed by atoms with E-state index in [0.29, 0.717) is 42.0 Å². The zero-order valence-electron chi connectivity index (χ0n) is 19.0. The lowest BCUT2D eigenvalue weighted by molar-refractivity contribution is -0.136. The summed E-state index contributed by atoms with van der Waals surface area (Å²) < 4.78 is 48.9. The molecule has 0 spiro atoms. The van der Waals surface area contributed by atoms with E-state index in [-0.39, 0.29) is 11.4 Å². The third-order valence-electron chi connectivity index (χ3n) is 6.41. The number of methoxy groups -OCH3 is 1. The van der Waals surface area contributed by atoms with Gasteiger partial charge in [0.25, 0.3) is 5.91 Å². The lowest BCUT2D eigenvalue weighted by Gasteiger charge is -2.33. The van der Waals surface area contributed by atoms with Crippen molar-refractivity contribution in [2.75, 3.05) is 13.7 Å². The molecule has 5 aromatic rings. The number of aromatic nitrogens is 6. The predicted octanol–water partition coefficient (Wildman–Crippen LogP) is 3.66. The van der Waals surface area contributed by atoms with Gasteiger partial charge >= 0.3 is 6.18 Å². The van der Waals surface area contributed by atoms with Crippen LogP contribution in [0.25, 0.3) is 11.0 Å². The number of aromatic amines is 1. The molecule has 12 heteroatoms. The van der Waals surface area contributed by atoms with E-state index in [1.54, 1.807) is 28.8 Å². The van der Waals surface area contributed by atoms with Crippen LogP contribution in [0.1, 0.15) is 44.6 Å².